The molecule has 3 aromatic rings. The monoisotopic (exact) mass is 435 g/mol. The zero-order chi connectivity index (χ0) is 22.9. The van der Waals surface area contributed by atoms with Crippen molar-refractivity contribution in [2.45, 2.75) is 20.0 Å². The molecule has 0 radical (unpaired) electrons. The minimum absolute atomic E-state index is 0.243. The van der Waals surface area contributed by atoms with E-state index in [1.807, 2.05) is 36.1 Å². The Morgan fingerprint density at radius 2 is 1.78 bits per heavy atom. The van der Waals surface area contributed by atoms with E-state index in [1.165, 1.54) is 6.07 Å². The maximum atomic E-state index is 13.3. The molecule has 32 heavy (non-hydrogen) atoms. The van der Waals surface area contributed by atoms with E-state index in [1.54, 1.807) is 37.3 Å². The molecule has 0 N–H and O–H groups in total. The molecule has 0 saturated heterocycles. The molecule has 0 aliphatic carbocycles. The second-order valence-electron chi connectivity index (χ2n) is 7.38. The number of anilines is 2. The lowest BCUT2D eigenvalue weighted by Crippen LogP contribution is -2.19. The van der Waals surface area contributed by atoms with Crippen molar-refractivity contribution in [3.63, 3.8) is 0 Å². The van der Waals surface area contributed by atoms with Gasteiger partial charge >= 0.3 is 12.1 Å². The third-order valence-electron chi connectivity index (χ3n) is 5.12. The van der Waals surface area contributed by atoms with E-state index >= 15 is 0 Å². The number of alkyl halides is 3. The molecular weight excluding hydrogens is 415 g/mol. The topological polar surface area (TPSA) is 29.5 Å². The second-order valence-corrected chi connectivity index (χ2v) is 7.38. The summed E-state index contributed by atoms with van der Waals surface area (Å²) >= 11 is 0. The fourth-order valence-corrected chi connectivity index (χ4v) is 3.56. The zero-order valence-corrected chi connectivity index (χ0v) is 17.5. The van der Waals surface area contributed by atoms with E-state index in [0.29, 0.717) is 28.2 Å². The summed E-state index contributed by atoms with van der Waals surface area (Å²) in [6.45, 7) is 3.94. The van der Waals surface area contributed by atoms with Crippen molar-refractivity contribution >= 4 is 29.1 Å². The molecule has 0 bridgehead atoms. The number of aryl methyl sites for hydroxylation is 1. The van der Waals surface area contributed by atoms with E-state index < -0.39 is 17.7 Å². The molecule has 6 heteroatoms. The largest absolute Gasteiger partial charge is 0.462 e. The van der Waals surface area contributed by atoms with Crippen molar-refractivity contribution in [2.75, 3.05) is 11.5 Å². The van der Waals surface area contributed by atoms with Gasteiger partial charge in [0, 0.05) is 16.8 Å². The molecule has 0 aromatic heterocycles. The average molecular weight is 435 g/mol. The predicted molar refractivity (Wildman–Crippen MR) is 119 cm³/mol. The first kappa shape index (κ1) is 21.5. The number of rotatable bonds is 4. The van der Waals surface area contributed by atoms with Crippen LogP contribution in [0.1, 0.15) is 39.5 Å². The summed E-state index contributed by atoms with van der Waals surface area (Å²) < 4.78 is 44.9. The van der Waals surface area contributed by atoms with E-state index in [0.717, 1.165) is 23.3 Å². The highest BCUT2D eigenvalue weighted by Crippen LogP contribution is 2.42. The van der Waals surface area contributed by atoms with E-state index in [-0.39, 0.29) is 6.61 Å². The van der Waals surface area contributed by atoms with Crippen LogP contribution in [0.25, 0.3) is 11.8 Å². The average Bonchev–Trinajstić information content (AvgIpc) is 2.78. The Balaban J connectivity index is 1.89. The first-order chi connectivity index (χ1) is 15.3. The van der Waals surface area contributed by atoms with Crippen molar-refractivity contribution in [1.82, 2.24) is 0 Å². The van der Waals surface area contributed by atoms with Crippen molar-refractivity contribution < 1.29 is 22.7 Å². The summed E-state index contributed by atoms with van der Waals surface area (Å²) in [6, 6.07) is 18.2. The van der Waals surface area contributed by atoms with Crippen molar-refractivity contribution in [3.05, 3.63) is 100 Å². The third kappa shape index (κ3) is 4.18. The summed E-state index contributed by atoms with van der Waals surface area (Å²) in [5, 5.41) is 0. The summed E-state index contributed by atoms with van der Waals surface area (Å²) in [6.07, 6.45) is -2.88. The Bertz CT molecular complexity index is 1240. The van der Waals surface area contributed by atoms with Crippen LogP contribution in [-0.2, 0) is 10.9 Å². The molecule has 1 heterocycles. The van der Waals surface area contributed by atoms with Gasteiger partial charge in [-0.05, 0) is 56.3 Å². The van der Waals surface area contributed by atoms with Gasteiger partial charge < -0.3 is 9.64 Å². The molecule has 4 rings (SSSR count). The quantitative estimate of drug-likeness (QED) is 0.327. The van der Waals surface area contributed by atoms with Crippen LogP contribution in [0.4, 0.5) is 24.5 Å². The van der Waals surface area contributed by atoms with E-state index in [4.69, 9.17) is 4.74 Å². The Kier molecular flexibility index (Phi) is 5.64. The SMILES string of the molecule is CCOC(=O)c1cccc(N2C(c3ccc(C)cc3)=C=Cc3cc(C(F)(F)F)ccc32)c1. The number of carbonyl (C=O) groups excluding carboxylic acids is 1. The van der Waals surface area contributed by atoms with Gasteiger partial charge in [0.15, 0.2) is 0 Å². The van der Waals surface area contributed by atoms with Crippen LogP contribution in [0.3, 0.4) is 0 Å². The molecule has 0 fully saturated rings. The van der Waals surface area contributed by atoms with Crippen LogP contribution in [0.2, 0.25) is 0 Å². The molecule has 0 saturated carbocycles. The van der Waals surface area contributed by atoms with Crippen molar-refractivity contribution in [3.8, 4) is 0 Å². The number of esters is 1. The van der Waals surface area contributed by atoms with Crippen molar-refractivity contribution in [1.29, 1.82) is 0 Å². The fourth-order valence-electron chi connectivity index (χ4n) is 3.56. The first-order valence-corrected chi connectivity index (χ1v) is 10.1. The molecule has 162 valence electrons. The summed E-state index contributed by atoms with van der Waals surface area (Å²) in [7, 11) is 0. The lowest BCUT2D eigenvalue weighted by molar-refractivity contribution is -0.137. The standard InChI is InChI=1S/C26H20F3NO2/c1-3-32-25(31)20-5-4-6-22(16-20)30-23(18-9-7-17(2)8-10-18)13-11-19-15-21(26(27,28)29)12-14-24(19)30/h4-12,14-16H,3H2,1-2H3. The number of ether oxygens (including phenoxy) is 1. The predicted octanol–water partition coefficient (Wildman–Crippen LogP) is 7.00. The van der Waals surface area contributed by atoms with Gasteiger partial charge in [0.05, 0.1) is 29.1 Å². The Labute approximate surface area is 184 Å². The molecule has 0 unspecified atom stereocenters. The fraction of sp³-hybridized carbons (Fsp3) is 0.154. The number of carbonyl (C=O) groups is 1. The first-order valence-electron chi connectivity index (χ1n) is 10.1. The number of benzene rings is 3. The van der Waals surface area contributed by atoms with Gasteiger partial charge in [-0.3, -0.25) is 0 Å². The van der Waals surface area contributed by atoms with Gasteiger partial charge in [-0.25, -0.2) is 4.79 Å². The van der Waals surface area contributed by atoms with Crippen LogP contribution in [-0.4, -0.2) is 12.6 Å². The molecule has 0 spiro atoms. The Morgan fingerprint density at radius 3 is 2.47 bits per heavy atom. The van der Waals surface area contributed by atoms with E-state index in [2.05, 4.69) is 5.73 Å². The minimum Gasteiger partial charge on any atom is -0.462 e. The summed E-state index contributed by atoms with van der Waals surface area (Å²) in [5.74, 6) is -0.463. The van der Waals surface area contributed by atoms with Crippen LogP contribution < -0.4 is 4.90 Å². The highest BCUT2D eigenvalue weighted by molar-refractivity contribution is 5.97. The smallest absolute Gasteiger partial charge is 0.416 e. The van der Waals surface area contributed by atoms with Crippen LogP contribution in [0, 0.1) is 6.92 Å². The lowest BCUT2D eigenvalue weighted by Gasteiger charge is -2.31. The van der Waals surface area contributed by atoms with Gasteiger partial charge in [0.1, 0.15) is 0 Å². The van der Waals surface area contributed by atoms with Crippen molar-refractivity contribution in [2.24, 2.45) is 0 Å². The third-order valence-corrected chi connectivity index (χ3v) is 5.12. The molecule has 0 atom stereocenters. The molecule has 1 aliphatic rings. The normalized spacial score (nSPS) is 12.9. The minimum atomic E-state index is -4.45. The van der Waals surface area contributed by atoms with Crippen LogP contribution >= 0.6 is 0 Å². The highest BCUT2D eigenvalue weighted by Gasteiger charge is 2.32. The Hall–Kier alpha value is -3.76. The Morgan fingerprint density at radius 1 is 1.03 bits per heavy atom. The second kappa shape index (κ2) is 8.40. The van der Waals surface area contributed by atoms with Gasteiger partial charge in [-0.1, -0.05) is 41.6 Å². The lowest BCUT2D eigenvalue weighted by atomic mass is 9.99. The molecular formula is C26H20F3NO2. The highest BCUT2D eigenvalue weighted by atomic mass is 19.4. The number of hydrogen-bond donors (Lipinski definition) is 0. The van der Waals surface area contributed by atoms with Gasteiger partial charge in [-0.2, -0.15) is 13.2 Å². The molecule has 1 aliphatic heterocycles. The van der Waals surface area contributed by atoms with Crippen LogP contribution in [0.5, 0.6) is 0 Å². The molecule has 3 aromatic carbocycles. The molecule has 0 amide bonds. The van der Waals surface area contributed by atoms with Gasteiger partial charge in [0.2, 0.25) is 0 Å². The number of halogens is 3. The number of nitrogens with zero attached hydrogens (tertiary/aromatic N) is 1. The van der Waals surface area contributed by atoms with E-state index in [9.17, 15) is 18.0 Å². The maximum Gasteiger partial charge on any atom is 0.416 e. The summed E-state index contributed by atoms with van der Waals surface area (Å²) in [5.41, 5.74) is 6.94. The number of fused-ring (bicyclic) bond motifs is 1. The van der Waals surface area contributed by atoms with Crippen LogP contribution in [0.15, 0.2) is 72.5 Å². The number of hydrogen-bond acceptors (Lipinski definition) is 3. The van der Waals surface area contributed by atoms with Gasteiger partial charge in [-0.15, -0.1) is 0 Å². The summed E-state index contributed by atoms with van der Waals surface area (Å²) in [4.78, 5) is 14.1. The maximum absolute atomic E-state index is 13.3. The zero-order valence-electron chi connectivity index (χ0n) is 17.5. The molecule has 3 nitrogen and oxygen atoms in total. The van der Waals surface area contributed by atoms with Gasteiger partial charge in [0.25, 0.3) is 0 Å².